The number of halogens is 1. The van der Waals surface area contributed by atoms with Gasteiger partial charge in [0.2, 0.25) is 10.0 Å². The average molecular weight is 423 g/mol. The van der Waals surface area contributed by atoms with Crippen molar-refractivity contribution in [3.05, 3.63) is 52.9 Å². The van der Waals surface area contributed by atoms with Crippen molar-refractivity contribution in [1.82, 2.24) is 9.62 Å². The van der Waals surface area contributed by atoms with Gasteiger partial charge >= 0.3 is 0 Å². The lowest BCUT2D eigenvalue weighted by Crippen LogP contribution is -2.46. The first-order chi connectivity index (χ1) is 13.4. The zero-order valence-corrected chi connectivity index (χ0v) is 16.8. The lowest BCUT2D eigenvalue weighted by atomic mass is 10.1. The summed E-state index contributed by atoms with van der Waals surface area (Å²) in [6.07, 6.45) is 1.01. The van der Waals surface area contributed by atoms with Crippen molar-refractivity contribution in [3.63, 3.8) is 0 Å². The average Bonchev–Trinajstić information content (AvgIpc) is 3.32. The Labute approximate surface area is 166 Å². The molecule has 0 spiro atoms. The molecule has 1 N–H and O–H groups in total. The van der Waals surface area contributed by atoms with Crippen LogP contribution >= 0.6 is 11.3 Å². The van der Waals surface area contributed by atoms with E-state index in [4.69, 9.17) is 4.42 Å². The molecule has 1 fully saturated rings. The van der Waals surface area contributed by atoms with Crippen LogP contribution in [0.3, 0.4) is 0 Å². The number of aryl methyl sites for hydroxylation is 1. The highest BCUT2D eigenvalue weighted by Crippen LogP contribution is 2.29. The second-order valence-corrected chi connectivity index (χ2v) is 9.68. The first-order valence-electron chi connectivity index (χ1n) is 8.89. The maximum absolute atomic E-state index is 13.9. The third-order valence-electron chi connectivity index (χ3n) is 4.97. The second kappa shape index (κ2) is 7.31. The van der Waals surface area contributed by atoms with Crippen LogP contribution in [-0.2, 0) is 10.0 Å². The van der Waals surface area contributed by atoms with Crippen molar-refractivity contribution in [2.45, 2.75) is 30.0 Å². The molecule has 3 aromatic rings. The molecule has 0 unspecified atom stereocenters. The number of amides is 1. The van der Waals surface area contributed by atoms with E-state index in [9.17, 15) is 17.6 Å². The van der Waals surface area contributed by atoms with Gasteiger partial charge < -0.3 is 9.32 Å². The predicted molar refractivity (Wildman–Crippen MR) is 104 cm³/mol. The van der Waals surface area contributed by atoms with Crippen LogP contribution in [0.1, 0.15) is 29.0 Å². The van der Waals surface area contributed by atoms with Crippen LogP contribution in [0.2, 0.25) is 0 Å². The Morgan fingerprint density at radius 3 is 2.64 bits per heavy atom. The second-order valence-electron chi connectivity index (χ2n) is 6.79. The summed E-state index contributed by atoms with van der Waals surface area (Å²) in [7, 11) is -3.53. The molecule has 0 aliphatic carbocycles. The van der Waals surface area contributed by atoms with Crippen molar-refractivity contribution in [1.29, 1.82) is 0 Å². The number of nitrogens with zero attached hydrogens (tertiary/aromatic N) is 1. The fourth-order valence-electron chi connectivity index (χ4n) is 3.45. The number of piperidine rings is 1. The Kier molecular flexibility index (Phi) is 4.98. The lowest BCUT2D eigenvalue weighted by molar-refractivity contribution is 0.0680. The minimum absolute atomic E-state index is 0.0851. The van der Waals surface area contributed by atoms with E-state index in [0.717, 1.165) is 0 Å². The third-order valence-corrected chi connectivity index (χ3v) is 7.89. The van der Waals surface area contributed by atoms with Crippen LogP contribution in [0, 0.1) is 12.7 Å². The summed E-state index contributed by atoms with van der Waals surface area (Å²) in [4.78, 5) is 14.5. The summed E-state index contributed by atoms with van der Waals surface area (Å²) < 4.78 is 47.1. The molecule has 0 radical (unpaired) electrons. The van der Waals surface area contributed by atoms with E-state index >= 15 is 0 Å². The summed E-state index contributed by atoms with van der Waals surface area (Å²) >= 11 is 1.17. The van der Waals surface area contributed by atoms with E-state index in [0.29, 0.717) is 36.9 Å². The van der Waals surface area contributed by atoms with Gasteiger partial charge in [-0.1, -0.05) is 18.2 Å². The number of hydrogen-bond acceptors (Lipinski definition) is 5. The predicted octanol–water partition coefficient (Wildman–Crippen LogP) is 3.52. The summed E-state index contributed by atoms with van der Waals surface area (Å²) in [5, 5.41) is 2.30. The van der Waals surface area contributed by atoms with E-state index in [1.54, 1.807) is 41.5 Å². The first kappa shape index (κ1) is 19.1. The van der Waals surface area contributed by atoms with Gasteiger partial charge in [0.15, 0.2) is 17.2 Å². The molecule has 1 saturated heterocycles. The molecule has 0 atom stereocenters. The van der Waals surface area contributed by atoms with Crippen LogP contribution in [0.15, 0.2) is 44.3 Å². The maximum Gasteiger partial charge on any atom is 0.289 e. The Morgan fingerprint density at radius 1 is 1.25 bits per heavy atom. The Morgan fingerprint density at radius 2 is 2.00 bits per heavy atom. The number of furan rings is 1. The Bertz CT molecular complexity index is 1110. The molecule has 9 heteroatoms. The van der Waals surface area contributed by atoms with Gasteiger partial charge in [0.1, 0.15) is 4.21 Å². The fourth-order valence-corrected chi connectivity index (χ4v) is 5.77. The molecule has 3 heterocycles. The van der Waals surface area contributed by atoms with Gasteiger partial charge in [-0.3, -0.25) is 4.79 Å². The minimum atomic E-state index is -3.53. The monoisotopic (exact) mass is 422 g/mol. The molecular weight excluding hydrogens is 403 g/mol. The van der Waals surface area contributed by atoms with Crippen molar-refractivity contribution in [2.75, 3.05) is 13.1 Å². The van der Waals surface area contributed by atoms with Gasteiger partial charge in [0, 0.05) is 30.1 Å². The van der Waals surface area contributed by atoms with E-state index in [1.807, 2.05) is 0 Å². The maximum atomic E-state index is 13.9. The van der Waals surface area contributed by atoms with E-state index in [1.165, 1.54) is 17.4 Å². The van der Waals surface area contributed by atoms with Gasteiger partial charge in [-0.15, -0.1) is 11.3 Å². The molecule has 28 heavy (non-hydrogen) atoms. The molecule has 6 nitrogen and oxygen atoms in total. The molecule has 1 amide bonds. The van der Waals surface area contributed by atoms with Crippen LogP contribution in [0.25, 0.3) is 11.0 Å². The molecule has 0 bridgehead atoms. The Balaban J connectivity index is 1.45. The molecule has 1 aromatic carbocycles. The minimum Gasteiger partial charge on any atom is -0.448 e. The number of para-hydroxylation sites is 1. The molecular formula is C19H19FN2O4S2. The number of rotatable bonds is 4. The molecule has 2 aromatic heterocycles. The van der Waals surface area contributed by atoms with Gasteiger partial charge in [-0.05, 0) is 37.3 Å². The molecule has 1 aliphatic heterocycles. The number of sulfonamides is 1. The zero-order valence-electron chi connectivity index (χ0n) is 15.1. The standard InChI is InChI=1S/C19H19FN2O4S2/c1-12-14-4-2-5-15(20)18(14)26-17(12)19(23)22-9-7-13(8-10-22)21-28(24,25)16-6-3-11-27-16/h2-6,11,13,21H,7-10H2,1H3. The van der Waals surface area contributed by atoms with E-state index in [-0.39, 0.29) is 27.5 Å². The topological polar surface area (TPSA) is 79.6 Å². The number of fused-ring (bicyclic) bond motifs is 1. The summed E-state index contributed by atoms with van der Waals surface area (Å²) in [6.45, 7) is 2.53. The number of nitrogens with one attached hydrogen (secondary N) is 1. The van der Waals surface area contributed by atoms with Crippen LogP contribution in [-0.4, -0.2) is 38.4 Å². The van der Waals surface area contributed by atoms with Gasteiger partial charge in [-0.25, -0.2) is 17.5 Å². The van der Waals surface area contributed by atoms with Crippen LogP contribution in [0.5, 0.6) is 0 Å². The number of carbonyl (C=O) groups excluding carboxylic acids is 1. The Hall–Kier alpha value is -2.23. The summed E-state index contributed by atoms with van der Waals surface area (Å²) in [5.74, 6) is -0.660. The van der Waals surface area contributed by atoms with Crippen molar-refractivity contribution in [3.8, 4) is 0 Å². The van der Waals surface area contributed by atoms with E-state index < -0.39 is 15.8 Å². The largest absolute Gasteiger partial charge is 0.448 e. The van der Waals surface area contributed by atoms with Gasteiger partial charge in [0.05, 0.1) is 0 Å². The van der Waals surface area contributed by atoms with Crippen molar-refractivity contribution in [2.24, 2.45) is 0 Å². The number of thiophene rings is 1. The highest BCUT2D eigenvalue weighted by molar-refractivity contribution is 7.91. The fraction of sp³-hybridized carbons (Fsp3) is 0.316. The first-order valence-corrected chi connectivity index (χ1v) is 11.3. The van der Waals surface area contributed by atoms with Crippen molar-refractivity contribution < 1.29 is 22.0 Å². The zero-order chi connectivity index (χ0) is 19.9. The number of likely N-dealkylation sites (tertiary alicyclic amines) is 1. The summed E-state index contributed by atoms with van der Waals surface area (Å²) in [6, 6.07) is 7.63. The number of benzene rings is 1. The van der Waals surface area contributed by atoms with Gasteiger partial charge in [0.25, 0.3) is 5.91 Å². The number of carbonyl (C=O) groups is 1. The smallest absolute Gasteiger partial charge is 0.289 e. The number of hydrogen-bond donors (Lipinski definition) is 1. The SMILES string of the molecule is Cc1c(C(=O)N2CCC(NS(=O)(=O)c3cccs3)CC2)oc2c(F)cccc12. The normalized spacial score (nSPS) is 16.0. The molecule has 1 aliphatic rings. The lowest BCUT2D eigenvalue weighted by Gasteiger charge is -2.31. The van der Waals surface area contributed by atoms with Crippen LogP contribution < -0.4 is 4.72 Å². The van der Waals surface area contributed by atoms with Crippen molar-refractivity contribution >= 4 is 38.2 Å². The highest BCUT2D eigenvalue weighted by atomic mass is 32.2. The highest BCUT2D eigenvalue weighted by Gasteiger charge is 2.30. The van der Waals surface area contributed by atoms with Gasteiger partial charge in [-0.2, -0.15) is 0 Å². The molecule has 4 rings (SSSR count). The van der Waals surface area contributed by atoms with Crippen LogP contribution in [0.4, 0.5) is 4.39 Å². The van der Waals surface area contributed by atoms with E-state index in [2.05, 4.69) is 4.72 Å². The summed E-state index contributed by atoms with van der Waals surface area (Å²) in [5.41, 5.74) is 0.696. The third kappa shape index (κ3) is 3.45. The molecule has 0 saturated carbocycles. The quantitative estimate of drug-likeness (QED) is 0.698. The molecule has 148 valence electrons.